The summed E-state index contributed by atoms with van der Waals surface area (Å²) in [6.45, 7) is 2.23. The fourth-order valence-electron chi connectivity index (χ4n) is 2.36. The molecule has 0 spiro atoms. The van der Waals surface area contributed by atoms with E-state index < -0.39 is 5.97 Å². The van der Waals surface area contributed by atoms with Crippen molar-refractivity contribution in [3.63, 3.8) is 0 Å². The molecular formula is C18H34O3. The average molecular weight is 298 g/mol. The molecule has 0 heterocycles. The second-order valence-corrected chi connectivity index (χ2v) is 5.91. The highest BCUT2D eigenvalue weighted by Gasteiger charge is 2.02. The number of allylic oxidation sites excluding steroid dienone is 1. The summed E-state index contributed by atoms with van der Waals surface area (Å²) in [6.07, 6.45) is 17.3. The molecule has 0 aliphatic rings. The number of aliphatic hydroxyl groups is 1. The van der Waals surface area contributed by atoms with Crippen molar-refractivity contribution in [3.05, 3.63) is 12.2 Å². The van der Waals surface area contributed by atoms with Gasteiger partial charge in [-0.25, -0.2) is 0 Å². The van der Waals surface area contributed by atoms with Gasteiger partial charge in [0.2, 0.25) is 0 Å². The molecule has 0 aromatic rings. The van der Waals surface area contributed by atoms with Crippen LogP contribution in [0, 0.1) is 0 Å². The Labute approximate surface area is 130 Å². The monoisotopic (exact) mass is 298 g/mol. The number of hydrogen-bond acceptors (Lipinski definition) is 2. The first-order chi connectivity index (χ1) is 10.2. The summed E-state index contributed by atoms with van der Waals surface area (Å²) in [5, 5.41) is 18.3. The van der Waals surface area contributed by atoms with Crippen molar-refractivity contribution in [2.75, 3.05) is 0 Å². The summed E-state index contributed by atoms with van der Waals surface area (Å²) in [6, 6.07) is 0. The molecule has 0 bridgehead atoms. The lowest BCUT2D eigenvalue weighted by atomic mass is 10.1. The zero-order valence-electron chi connectivity index (χ0n) is 13.7. The maximum Gasteiger partial charge on any atom is 0.303 e. The normalized spacial score (nSPS) is 12.9. The summed E-state index contributed by atoms with van der Waals surface area (Å²) in [5.74, 6) is -0.713. The Morgan fingerprint density at radius 1 is 0.952 bits per heavy atom. The van der Waals surface area contributed by atoms with Crippen molar-refractivity contribution < 1.29 is 15.0 Å². The second kappa shape index (κ2) is 15.6. The fraction of sp³-hybridized carbons (Fsp3) is 0.833. The fourth-order valence-corrected chi connectivity index (χ4v) is 2.36. The Bertz CT molecular complexity index is 261. The van der Waals surface area contributed by atoms with Gasteiger partial charge in [0.1, 0.15) is 0 Å². The molecule has 0 aliphatic heterocycles. The molecule has 0 radical (unpaired) electrons. The number of unbranched alkanes of at least 4 members (excludes halogenated alkanes) is 8. The zero-order valence-corrected chi connectivity index (χ0v) is 13.7. The number of carboxylic acids is 1. The van der Waals surface area contributed by atoms with Crippen molar-refractivity contribution in [1.82, 2.24) is 0 Å². The van der Waals surface area contributed by atoms with Crippen molar-refractivity contribution in [1.29, 1.82) is 0 Å². The molecule has 3 nitrogen and oxygen atoms in total. The zero-order chi connectivity index (χ0) is 15.8. The first kappa shape index (κ1) is 20.2. The van der Waals surface area contributed by atoms with E-state index >= 15 is 0 Å². The molecule has 0 aromatic carbocycles. The smallest absolute Gasteiger partial charge is 0.303 e. The molecule has 0 rings (SSSR count). The standard InChI is InChI=1S/C18H34O3/c1-2-3-4-5-6-7-8-11-14-17(19)15-12-9-10-13-16-18(20)21/h8,11,17,19H,2-7,9-10,12-16H2,1H3,(H,20,21)/b11-8-/t17-/m0/s1. The van der Waals surface area contributed by atoms with Gasteiger partial charge in [0.05, 0.1) is 6.10 Å². The predicted octanol–water partition coefficient (Wildman–Crippen LogP) is 5.08. The van der Waals surface area contributed by atoms with Crippen molar-refractivity contribution in [2.24, 2.45) is 0 Å². The van der Waals surface area contributed by atoms with Crippen LogP contribution < -0.4 is 0 Å². The molecule has 2 N–H and O–H groups in total. The van der Waals surface area contributed by atoms with Gasteiger partial charge in [-0.3, -0.25) is 4.79 Å². The maximum atomic E-state index is 10.3. The van der Waals surface area contributed by atoms with E-state index in [4.69, 9.17) is 5.11 Å². The highest BCUT2D eigenvalue weighted by atomic mass is 16.4. The number of aliphatic hydroxyl groups excluding tert-OH is 1. The minimum absolute atomic E-state index is 0.235. The van der Waals surface area contributed by atoms with Gasteiger partial charge < -0.3 is 10.2 Å². The maximum absolute atomic E-state index is 10.3. The molecule has 0 aromatic heterocycles. The molecule has 0 fully saturated rings. The van der Waals surface area contributed by atoms with Gasteiger partial charge in [-0.05, 0) is 32.1 Å². The van der Waals surface area contributed by atoms with Crippen LogP contribution in [0.15, 0.2) is 12.2 Å². The van der Waals surface area contributed by atoms with Crippen LogP contribution in [0.25, 0.3) is 0 Å². The number of rotatable bonds is 15. The minimum atomic E-state index is -0.713. The van der Waals surface area contributed by atoms with Gasteiger partial charge in [-0.2, -0.15) is 0 Å². The first-order valence-electron chi connectivity index (χ1n) is 8.71. The quantitative estimate of drug-likeness (QED) is 0.327. The van der Waals surface area contributed by atoms with Crippen molar-refractivity contribution in [2.45, 2.75) is 96.5 Å². The van der Waals surface area contributed by atoms with Crippen LogP contribution in [0.5, 0.6) is 0 Å². The van der Waals surface area contributed by atoms with E-state index in [0.29, 0.717) is 0 Å². The van der Waals surface area contributed by atoms with Crippen LogP contribution in [0.1, 0.15) is 90.4 Å². The third-order valence-corrected chi connectivity index (χ3v) is 3.73. The van der Waals surface area contributed by atoms with Crippen LogP contribution in [-0.2, 0) is 4.79 Å². The van der Waals surface area contributed by atoms with Gasteiger partial charge in [0.15, 0.2) is 0 Å². The average Bonchev–Trinajstić information content (AvgIpc) is 2.45. The molecule has 0 saturated heterocycles. The largest absolute Gasteiger partial charge is 0.481 e. The summed E-state index contributed by atoms with van der Waals surface area (Å²) in [5.41, 5.74) is 0. The molecular weight excluding hydrogens is 264 g/mol. The summed E-state index contributed by atoms with van der Waals surface area (Å²) >= 11 is 0. The second-order valence-electron chi connectivity index (χ2n) is 5.91. The highest BCUT2D eigenvalue weighted by molar-refractivity contribution is 5.66. The van der Waals surface area contributed by atoms with Crippen LogP contribution in [0.2, 0.25) is 0 Å². The lowest BCUT2D eigenvalue weighted by Crippen LogP contribution is -2.04. The molecule has 3 heteroatoms. The molecule has 0 saturated carbocycles. The van der Waals surface area contributed by atoms with Gasteiger partial charge in [0, 0.05) is 6.42 Å². The van der Waals surface area contributed by atoms with E-state index in [-0.39, 0.29) is 12.5 Å². The summed E-state index contributed by atoms with van der Waals surface area (Å²) < 4.78 is 0. The van der Waals surface area contributed by atoms with Gasteiger partial charge >= 0.3 is 5.97 Å². The topological polar surface area (TPSA) is 57.5 Å². The van der Waals surface area contributed by atoms with Crippen molar-refractivity contribution >= 4 is 5.97 Å². The van der Waals surface area contributed by atoms with E-state index in [1.54, 1.807) is 0 Å². The highest BCUT2D eigenvalue weighted by Crippen LogP contribution is 2.10. The van der Waals surface area contributed by atoms with E-state index in [9.17, 15) is 9.90 Å². The number of aliphatic carboxylic acids is 1. The minimum Gasteiger partial charge on any atom is -0.481 e. The predicted molar refractivity (Wildman–Crippen MR) is 88.5 cm³/mol. The van der Waals surface area contributed by atoms with E-state index in [2.05, 4.69) is 19.1 Å². The SMILES string of the molecule is CCCCCCC/C=C\C[C@H](O)CCCCCCC(=O)O. The van der Waals surface area contributed by atoms with Gasteiger partial charge in [-0.15, -0.1) is 0 Å². The van der Waals surface area contributed by atoms with Gasteiger partial charge in [0.25, 0.3) is 0 Å². The number of hydrogen-bond donors (Lipinski definition) is 2. The van der Waals surface area contributed by atoms with Crippen LogP contribution in [-0.4, -0.2) is 22.3 Å². The molecule has 0 amide bonds. The summed E-state index contributed by atoms with van der Waals surface area (Å²) in [4.78, 5) is 10.3. The molecule has 0 unspecified atom stereocenters. The van der Waals surface area contributed by atoms with E-state index in [1.165, 1.54) is 32.1 Å². The number of carboxylic acid groups (broad SMARTS) is 1. The third-order valence-electron chi connectivity index (χ3n) is 3.73. The van der Waals surface area contributed by atoms with Crippen LogP contribution in [0.3, 0.4) is 0 Å². The molecule has 124 valence electrons. The Kier molecular flexibility index (Phi) is 14.9. The molecule has 21 heavy (non-hydrogen) atoms. The lowest BCUT2D eigenvalue weighted by Gasteiger charge is -2.07. The Balaban J connectivity index is 3.29. The van der Waals surface area contributed by atoms with E-state index in [0.717, 1.165) is 44.9 Å². The lowest BCUT2D eigenvalue weighted by molar-refractivity contribution is -0.137. The number of carbonyl (C=O) groups is 1. The van der Waals surface area contributed by atoms with Crippen LogP contribution >= 0.6 is 0 Å². The Morgan fingerprint density at radius 3 is 2.33 bits per heavy atom. The molecule has 0 aliphatic carbocycles. The summed E-state index contributed by atoms with van der Waals surface area (Å²) in [7, 11) is 0. The van der Waals surface area contributed by atoms with E-state index in [1.807, 2.05) is 0 Å². The Hall–Kier alpha value is -0.830. The Morgan fingerprint density at radius 2 is 1.62 bits per heavy atom. The first-order valence-corrected chi connectivity index (χ1v) is 8.71. The third kappa shape index (κ3) is 17.1. The molecule has 1 atom stereocenters. The van der Waals surface area contributed by atoms with Gasteiger partial charge in [-0.1, -0.05) is 64.0 Å². The van der Waals surface area contributed by atoms with Crippen molar-refractivity contribution in [3.8, 4) is 0 Å². The van der Waals surface area contributed by atoms with Crippen LogP contribution in [0.4, 0.5) is 0 Å².